The van der Waals surface area contributed by atoms with Crippen molar-refractivity contribution >= 4 is 16.5 Å². The molecule has 1 aliphatic rings. The predicted octanol–water partition coefficient (Wildman–Crippen LogP) is 3.27. The smallest absolute Gasteiger partial charge is 0.185 e. The highest BCUT2D eigenvalue weighted by atomic mass is 32.1. The van der Waals surface area contributed by atoms with Crippen LogP contribution < -0.4 is 10.2 Å². The van der Waals surface area contributed by atoms with Gasteiger partial charge in [-0.05, 0) is 31.7 Å². The summed E-state index contributed by atoms with van der Waals surface area (Å²) < 4.78 is 0. The van der Waals surface area contributed by atoms with E-state index in [1.165, 1.54) is 36.6 Å². The standard InChI is InChI=1S/C14H25N3S/c1-4-7-15-9-12-10-18-14(16-12)17-8-5-6-13(17)11(2)3/h10-11,13,15H,4-9H2,1-3H3. The van der Waals surface area contributed by atoms with E-state index in [0.29, 0.717) is 6.04 Å². The van der Waals surface area contributed by atoms with E-state index in [2.05, 4.69) is 36.4 Å². The van der Waals surface area contributed by atoms with Crippen LogP contribution in [0.5, 0.6) is 0 Å². The summed E-state index contributed by atoms with van der Waals surface area (Å²) in [5.41, 5.74) is 1.19. The van der Waals surface area contributed by atoms with E-state index in [9.17, 15) is 0 Å². The minimum absolute atomic E-state index is 0.688. The van der Waals surface area contributed by atoms with Crippen LogP contribution in [0.1, 0.15) is 45.7 Å². The Hall–Kier alpha value is -0.610. The molecule has 1 unspecified atom stereocenters. The van der Waals surface area contributed by atoms with E-state index < -0.39 is 0 Å². The predicted molar refractivity (Wildman–Crippen MR) is 79.3 cm³/mol. The van der Waals surface area contributed by atoms with E-state index in [0.717, 1.165) is 19.0 Å². The van der Waals surface area contributed by atoms with Crippen molar-refractivity contribution in [3.63, 3.8) is 0 Å². The molecule has 0 amide bonds. The highest BCUT2D eigenvalue weighted by Gasteiger charge is 2.28. The van der Waals surface area contributed by atoms with Crippen LogP contribution in [0.2, 0.25) is 0 Å². The first-order valence-electron chi connectivity index (χ1n) is 7.14. The van der Waals surface area contributed by atoms with Crippen LogP contribution in [0.25, 0.3) is 0 Å². The molecule has 1 saturated heterocycles. The summed E-state index contributed by atoms with van der Waals surface area (Å²) in [6, 6.07) is 0.688. The topological polar surface area (TPSA) is 28.2 Å². The summed E-state index contributed by atoms with van der Waals surface area (Å²) in [5, 5.41) is 6.84. The molecule has 1 aliphatic heterocycles. The molecule has 1 N–H and O–H groups in total. The molecule has 0 spiro atoms. The third-order valence-corrected chi connectivity index (χ3v) is 4.51. The van der Waals surface area contributed by atoms with Gasteiger partial charge in [0.05, 0.1) is 5.69 Å². The maximum atomic E-state index is 4.78. The Bertz CT molecular complexity index is 362. The summed E-state index contributed by atoms with van der Waals surface area (Å²) in [6.45, 7) is 9.99. The number of hydrogen-bond donors (Lipinski definition) is 1. The quantitative estimate of drug-likeness (QED) is 0.802. The van der Waals surface area contributed by atoms with E-state index in [1.807, 2.05) is 0 Å². The van der Waals surface area contributed by atoms with Crippen LogP contribution in [0.15, 0.2) is 5.38 Å². The molecule has 0 aliphatic carbocycles. The third kappa shape index (κ3) is 3.23. The molecule has 2 heterocycles. The third-order valence-electron chi connectivity index (χ3n) is 3.59. The van der Waals surface area contributed by atoms with Gasteiger partial charge in [0.15, 0.2) is 5.13 Å². The average Bonchev–Trinajstić information content (AvgIpc) is 2.96. The Balaban J connectivity index is 1.96. The molecule has 0 radical (unpaired) electrons. The van der Waals surface area contributed by atoms with Gasteiger partial charge in [-0.2, -0.15) is 0 Å². The molecule has 0 saturated carbocycles. The molecule has 1 aromatic rings. The van der Waals surface area contributed by atoms with Crippen LogP contribution >= 0.6 is 11.3 Å². The van der Waals surface area contributed by atoms with Gasteiger partial charge in [0.1, 0.15) is 0 Å². The largest absolute Gasteiger partial charge is 0.345 e. The second kappa shape index (κ2) is 6.53. The Morgan fingerprint density at radius 1 is 1.56 bits per heavy atom. The maximum absolute atomic E-state index is 4.78. The fraction of sp³-hybridized carbons (Fsp3) is 0.786. The molecule has 1 fully saturated rings. The number of nitrogens with one attached hydrogen (secondary N) is 1. The Kier molecular flexibility index (Phi) is 5.01. The first-order valence-corrected chi connectivity index (χ1v) is 8.02. The number of aromatic nitrogens is 1. The van der Waals surface area contributed by atoms with Gasteiger partial charge in [-0.1, -0.05) is 20.8 Å². The highest BCUT2D eigenvalue weighted by molar-refractivity contribution is 7.13. The molecular weight excluding hydrogens is 242 g/mol. The van der Waals surface area contributed by atoms with Gasteiger partial charge in [0, 0.05) is 24.5 Å². The van der Waals surface area contributed by atoms with Gasteiger partial charge >= 0.3 is 0 Å². The first kappa shape index (κ1) is 13.8. The molecule has 3 nitrogen and oxygen atoms in total. The zero-order chi connectivity index (χ0) is 13.0. The van der Waals surface area contributed by atoms with Crippen molar-refractivity contribution in [2.75, 3.05) is 18.0 Å². The summed E-state index contributed by atoms with van der Waals surface area (Å²) in [7, 11) is 0. The fourth-order valence-electron chi connectivity index (χ4n) is 2.63. The Morgan fingerprint density at radius 2 is 2.39 bits per heavy atom. The van der Waals surface area contributed by atoms with Crippen molar-refractivity contribution in [1.29, 1.82) is 0 Å². The minimum atomic E-state index is 0.688. The van der Waals surface area contributed by atoms with Crippen LogP contribution in [0.3, 0.4) is 0 Å². The molecule has 2 rings (SSSR count). The molecule has 1 atom stereocenters. The fourth-order valence-corrected chi connectivity index (χ4v) is 3.54. The lowest BCUT2D eigenvalue weighted by Crippen LogP contribution is -2.33. The maximum Gasteiger partial charge on any atom is 0.185 e. The van der Waals surface area contributed by atoms with Gasteiger partial charge in [-0.25, -0.2) is 4.98 Å². The van der Waals surface area contributed by atoms with Crippen LogP contribution in [0, 0.1) is 5.92 Å². The van der Waals surface area contributed by atoms with Crippen molar-refractivity contribution in [2.45, 2.75) is 52.6 Å². The molecule has 0 aromatic carbocycles. The Morgan fingerprint density at radius 3 is 3.11 bits per heavy atom. The van der Waals surface area contributed by atoms with Crippen molar-refractivity contribution in [3.05, 3.63) is 11.1 Å². The summed E-state index contributed by atoms with van der Waals surface area (Å²) in [5.74, 6) is 0.720. The van der Waals surface area contributed by atoms with Gasteiger partial charge < -0.3 is 10.2 Å². The molecule has 4 heteroatoms. The molecule has 0 bridgehead atoms. The van der Waals surface area contributed by atoms with Crippen molar-refractivity contribution < 1.29 is 0 Å². The number of hydrogen-bond acceptors (Lipinski definition) is 4. The van der Waals surface area contributed by atoms with Crippen molar-refractivity contribution in [2.24, 2.45) is 5.92 Å². The first-order chi connectivity index (χ1) is 8.72. The number of nitrogens with zero attached hydrogens (tertiary/aromatic N) is 2. The lowest BCUT2D eigenvalue weighted by atomic mass is 10.0. The SMILES string of the molecule is CCCNCc1csc(N2CCCC2C(C)C)n1. The molecule has 1 aromatic heterocycles. The van der Waals surface area contributed by atoms with E-state index in [1.54, 1.807) is 11.3 Å². The van der Waals surface area contributed by atoms with Crippen LogP contribution in [0.4, 0.5) is 5.13 Å². The molecular formula is C14H25N3S. The van der Waals surface area contributed by atoms with Gasteiger partial charge in [-0.3, -0.25) is 0 Å². The normalized spacial score (nSPS) is 20.0. The van der Waals surface area contributed by atoms with Crippen molar-refractivity contribution in [3.8, 4) is 0 Å². The van der Waals surface area contributed by atoms with E-state index >= 15 is 0 Å². The minimum Gasteiger partial charge on any atom is -0.345 e. The lowest BCUT2D eigenvalue weighted by molar-refractivity contribution is 0.491. The highest BCUT2D eigenvalue weighted by Crippen LogP contribution is 2.31. The summed E-state index contributed by atoms with van der Waals surface area (Å²) in [4.78, 5) is 7.29. The van der Waals surface area contributed by atoms with E-state index in [4.69, 9.17) is 4.98 Å². The number of anilines is 1. The Labute approximate surface area is 115 Å². The molecule has 18 heavy (non-hydrogen) atoms. The van der Waals surface area contributed by atoms with Crippen LogP contribution in [-0.2, 0) is 6.54 Å². The van der Waals surface area contributed by atoms with Gasteiger partial charge in [0.2, 0.25) is 0 Å². The van der Waals surface area contributed by atoms with Crippen molar-refractivity contribution in [1.82, 2.24) is 10.3 Å². The van der Waals surface area contributed by atoms with Crippen LogP contribution in [-0.4, -0.2) is 24.1 Å². The second-order valence-electron chi connectivity index (χ2n) is 5.45. The van der Waals surface area contributed by atoms with Gasteiger partial charge in [0.25, 0.3) is 0 Å². The lowest BCUT2D eigenvalue weighted by Gasteiger charge is -2.27. The average molecular weight is 267 g/mol. The second-order valence-corrected chi connectivity index (χ2v) is 6.28. The zero-order valence-corrected chi connectivity index (χ0v) is 12.6. The zero-order valence-electron chi connectivity index (χ0n) is 11.8. The van der Waals surface area contributed by atoms with Gasteiger partial charge in [-0.15, -0.1) is 11.3 Å². The molecule has 102 valence electrons. The number of rotatable bonds is 6. The summed E-state index contributed by atoms with van der Waals surface area (Å²) in [6.07, 6.45) is 3.81. The number of thiazole rings is 1. The monoisotopic (exact) mass is 267 g/mol. The summed E-state index contributed by atoms with van der Waals surface area (Å²) >= 11 is 1.80. The van der Waals surface area contributed by atoms with E-state index in [-0.39, 0.29) is 0 Å².